The summed E-state index contributed by atoms with van der Waals surface area (Å²) in [5.74, 6) is -75.9. The molecule has 12 unspecified atom stereocenters. The average Bonchev–Trinajstić information content (AvgIpc) is 1.38. The summed E-state index contributed by atoms with van der Waals surface area (Å²) in [7, 11) is 0. The molecule has 6 bridgehead atoms. The molecule has 12 atom stereocenters. The van der Waals surface area contributed by atoms with Crippen LogP contribution in [-0.2, 0) is 66.4 Å². The third kappa shape index (κ3) is 15.5. The minimum Gasteiger partial charge on any atom is -0.504 e. The molecule has 5 heterocycles. The topological polar surface area (TPSA) is 883 Å². The lowest BCUT2D eigenvalue weighted by Crippen LogP contribution is -2.70. The van der Waals surface area contributed by atoms with Gasteiger partial charge >= 0.3 is 65.5 Å². The van der Waals surface area contributed by atoms with Crippen molar-refractivity contribution in [1.29, 1.82) is 0 Å². The van der Waals surface area contributed by atoms with Gasteiger partial charge in [-0.15, -0.1) is 0 Å². The van der Waals surface area contributed by atoms with Crippen molar-refractivity contribution in [1.82, 2.24) is 0 Å². The highest BCUT2D eigenvalue weighted by Crippen LogP contribution is 2.61. The van der Waals surface area contributed by atoms with E-state index in [9.17, 15) is 172 Å². The highest BCUT2D eigenvalue weighted by Gasteiger charge is 2.71. The highest BCUT2D eigenvalue weighted by atomic mass is 16.8. The Kier molecular flexibility index (Phi) is 22.4. The van der Waals surface area contributed by atoms with E-state index in [1.165, 1.54) is 0 Å². The van der Waals surface area contributed by atoms with E-state index in [1.807, 2.05) is 0 Å². The van der Waals surface area contributed by atoms with Gasteiger partial charge in [-0.3, -0.25) is 4.79 Å². The average molecular weight is 1890 g/mol. The van der Waals surface area contributed by atoms with Crippen LogP contribution in [0, 0.1) is 0 Å². The van der Waals surface area contributed by atoms with E-state index in [0.717, 1.165) is 0 Å². The number of ketones is 1. The molecule has 0 aromatic heterocycles. The van der Waals surface area contributed by atoms with Gasteiger partial charge in [0.25, 0.3) is 5.79 Å². The Morgan fingerprint density at radius 2 is 0.741 bits per heavy atom. The van der Waals surface area contributed by atoms with Crippen LogP contribution in [0.3, 0.4) is 0 Å². The van der Waals surface area contributed by atoms with Gasteiger partial charge in [0.05, 0.1) is 56.0 Å². The largest absolute Gasteiger partial charge is 0.504 e. The van der Waals surface area contributed by atoms with Gasteiger partial charge in [0.2, 0.25) is 59.3 Å². The molecule has 9 aromatic carbocycles. The fourth-order valence-electron chi connectivity index (χ4n) is 14.7. The molecule has 0 saturated carbocycles. The van der Waals surface area contributed by atoms with Gasteiger partial charge in [-0.1, -0.05) is 0 Å². The number of esters is 10. The number of hydrogen-bond acceptors (Lipinski definition) is 53. The summed E-state index contributed by atoms with van der Waals surface area (Å²) in [5, 5.41) is 308. The standard InChI is InChI=1S/C82H58O53/c83-28-1-18(2-29(84)49(28)98)69(109)122-16-42-61(127-70(110)19-3-30(85)50(99)31(86)4-19)65(129-71(111)20-5-32(87)51(100)33(88)6-20)67(79(124-42)133-72(112)21-7-34(89)52(101)35(90)8-21)132-78(118)27-14-39(94)55(104)59(108)60(27)126-63-46-24(12-40(95)56(63)105)74(114)123-17-43-62-66(130-75(115)23-11-38(93)54(103)58(107)45(23)46)68(80(125-43)134-73(113)22-9-36(91)53(102)37(92)10-22)131-76(116)25-13-41(96)57(106)64-47(25)48-26(77(117)128-62)15-44(97)82(121,135-64)81(48,119)120/h1-15,42-43,48,61-62,65-68,79-80,83-96,98-108,119-121H,16-17H2. The quantitative estimate of drug-likeness (QED) is 0.0294. The minimum atomic E-state index is -4.21. The number of aliphatic hydroxyl groups is 3. The van der Waals surface area contributed by atoms with E-state index in [2.05, 4.69) is 0 Å². The molecular weight excluding hydrogens is 1830 g/mol. The predicted molar refractivity (Wildman–Crippen MR) is 412 cm³/mol. The van der Waals surface area contributed by atoms with E-state index in [4.69, 9.17) is 66.3 Å². The van der Waals surface area contributed by atoms with Crippen molar-refractivity contribution in [3.8, 4) is 172 Å². The molecule has 53 nitrogen and oxygen atoms in total. The normalized spacial score (nSPS) is 21.8. The Bertz CT molecular complexity index is 6630. The third-order valence-electron chi connectivity index (χ3n) is 21.3. The SMILES string of the molecule is O=C1OC2C3COC(=O)c4cc(O)c(O)c(Oc5c(C(=O)OC6C(OC(=O)c7cc(O)c(O)c(O)c7)OC(COC(=O)c7cc(O)c(O)c(O)c7)C(OC(=O)c7cc(O)c(O)c(O)c7)C6OC(=O)c6cc(O)c(O)c(O)c6)cc(O)c(O)c5O)c4-c4c(cc(O)c(O)c4O)C(=O)OC2C(OC(=O)c2cc(O)c(O)c4c2C2C1=CC(=O)C(O)(O4)C2(O)O)C(OC(=O)c1cc(O)c(O)c(O)c1)O3. The monoisotopic (exact) mass is 1890 g/mol. The molecule has 2 fully saturated rings. The summed E-state index contributed by atoms with van der Waals surface area (Å²) in [4.78, 5) is 164. The first-order chi connectivity index (χ1) is 63.4. The van der Waals surface area contributed by atoms with Crippen molar-refractivity contribution in [2.24, 2.45) is 0 Å². The van der Waals surface area contributed by atoms with Crippen LogP contribution in [0.15, 0.2) is 96.6 Å². The second-order valence-corrected chi connectivity index (χ2v) is 29.6. The Balaban J connectivity index is 0.895. The first kappa shape index (κ1) is 91.2. The smallest absolute Gasteiger partial charge is 0.342 e. The van der Waals surface area contributed by atoms with E-state index in [-0.39, 0.29) is 30.3 Å². The Hall–Kier alpha value is -18.5. The maximum Gasteiger partial charge on any atom is 0.342 e. The van der Waals surface area contributed by atoms with Crippen LogP contribution in [0.25, 0.3) is 11.1 Å². The lowest BCUT2D eigenvalue weighted by atomic mass is 9.70. The molecule has 0 amide bonds. The highest BCUT2D eigenvalue weighted by molar-refractivity contribution is 6.11. The zero-order valence-electron chi connectivity index (χ0n) is 66.2. The van der Waals surface area contributed by atoms with E-state index in [0.29, 0.717) is 60.7 Å². The zero-order chi connectivity index (χ0) is 98.3. The second kappa shape index (κ2) is 33.2. The van der Waals surface area contributed by atoms with Gasteiger partial charge in [0, 0.05) is 22.8 Å². The van der Waals surface area contributed by atoms with Gasteiger partial charge in [-0.2, -0.15) is 0 Å². The molecule has 53 heteroatoms. The van der Waals surface area contributed by atoms with Crippen molar-refractivity contribution >= 4 is 65.5 Å². The van der Waals surface area contributed by atoms with Gasteiger partial charge in [-0.05, 0) is 84.9 Å². The number of rotatable bonds is 15. The molecule has 5 aliphatic heterocycles. The van der Waals surface area contributed by atoms with Crippen molar-refractivity contribution in [2.75, 3.05) is 13.2 Å². The maximum atomic E-state index is 15.9. The zero-order valence-corrected chi connectivity index (χ0v) is 66.2. The molecular formula is C82H58O53. The number of cyclic esters (lactones) is 1. The first-order valence-corrected chi connectivity index (χ1v) is 37.5. The van der Waals surface area contributed by atoms with E-state index in [1.54, 1.807) is 0 Å². The van der Waals surface area contributed by atoms with Crippen LogP contribution < -0.4 is 9.47 Å². The summed E-state index contributed by atoms with van der Waals surface area (Å²) in [6.45, 7) is -3.31. The molecule has 15 rings (SSSR count). The number of ether oxygens (including phenoxy) is 14. The van der Waals surface area contributed by atoms with Crippen molar-refractivity contribution in [3.05, 3.63) is 152 Å². The summed E-state index contributed by atoms with van der Waals surface area (Å²) in [5.41, 5.74) is -17.3. The second-order valence-electron chi connectivity index (χ2n) is 29.6. The van der Waals surface area contributed by atoms with Gasteiger partial charge in [-0.25, -0.2) is 47.9 Å². The Morgan fingerprint density at radius 3 is 1.24 bits per heavy atom. The van der Waals surface area contributed by atoms with Gasteiger partial charge in [0.1, 0.15) is 31.0 Å². The molecule has 704 valence electrons. The third-order valence-corrected chi connectivity index (χ3v) is 21.3. The lowest BCUT2D eigenvalue weighted by molar-refractivity contribution is -0.339. The predicted octanol–water partition coefficient (Wildman–Crippen LogP) is 0.985. The van der Waals surface area contributed by atoms with E-state index >= 15 is 24.0 Å². The molecule has 28 N–H and O–H groups in total. The first-order valence-electron chi connectivity index (χ1n) is 37.5. The van der Waals surface area contributed by atoms with Gasteiger partial charge < -0.3 is 209 Å². The summed E-state index contributed by atoms with van der Waals surface area (Å²) < 4.78 is 80.0. The number of carbonyl (C=O) groups excluding carboxylic acids is 11. The molecule has 0 radical (unpaired) electrons. The Labute approximate surface area is 741 Å². The van der Waals surface area contributed by atoms with Crippen molar-refractivity contribution in [2.45, 2.75) is 78.9 Å². The molecule has 0 spiro atoms. The van der Waals surface area contributed by atoms with Crippen LogP contribution >= 0.6 is 0 Å². The number of phenolic OH excluding ortho intramolecular Hbond substituents is 25. The minimum absolute atomic E-state index is 0.00839. The number of carbonyl (C=O) groups is 11. The number of hydrogen-bond donors (Lipinski definition) is 28. The number of benzene rings is 9. The Morgan fingerprint density at radius 1 is 0.348 bits per heavy atom. The fraction of sp³-hybridized carbons (Fsp3) is 0.183. The number of phenols is 25. The van der Waals surface area contributed by atoms with Crippen LogP contribution in [0.2, 0.25) is 0 Å². The van der Waals surface area contributed by atoms with Gasteiger partial charge in [0.15, 0.2) is 157 Å². The summed E-state index contributed by atoms with van der Waals surface area (Å²) >= 11 is 0. The summed E-state index contributed by atoms with van der Waals surface area (Å²) in [6.07, 6.45) is -29.1. The van der Waals surface area contributed by atoms with Crippen LogP contribution in [-0.4, -0.2) is 295 Å². The van der Waals surface area contributed by atoms with Crippen LogP contribution in [0.1, 0.15) is 105 Å². The van der Waals surface area contributed by atoms with Crippen molar-refractivity contribution < 1.29 is 262 Å². The lowest BCUT2D eigenvalue weighted by Gasteiger charge is -2.49. The van der Waals surface area contributed by atoms with Crippen LogP contribution in [0.4, 0.5) is 0 Å². The maximum absolute atomic E-state index is 15.9. The molecule has 1 aliphatic carbocycles. The molecule has 6 aliphatic rings. The number of fused-ring (bicyclic) bond motifs is 4. The molecule has 9 aromatic rings. The van der Waals surface area contributed by atoms with Crippen LogP contribution in [0.5, 0.6) is 161 Å². The molecule has 135 heavy (non-hydrogen) atoms. The summed E-state index contributed by atoms with van der Waals surface area (Å²) in [6, 6.07) is 4.37. The van der Waals surface area contributed by atoms with Crippen molar-refractivity contribution in [3.63, 3.8) is 0 Å². The number of aromatic hydroxyl groups is 25. The molecule has 2 saturated heterocycles. The fourth-order valence-corrected chi connectivity index (χ4v) is 14.7. The van der Waals surface area contributed by atoms with E-state index < -0.39 is 391 Å².